The van der Waals surface area contributed by atoms with Crippen LogP contribution in [0.2, 0.25) is 0 Å². The maximum Gasteiger partial charge on any atom is 0.346 e. The van der Waals surface area contributed by atoms with E-state index in [2.05, 4.69) is 32.6 Å². The third kappa shape index (κ3) is 10.5. The number of hydrogen-bond acceptors (Lipinski definition) is 12. The molecule has 2 N–H and O–H groups in total. The van der Waals surface area contributed by atoms with Crippen molar-refractivity contribution in [2.45, 2.75) is 20.0 Å². The van der Waals surface area contributed by atoms with Gasteiger partial charge in [0.15, 0.2) is 0 Å². The second kappa shape index (κ2) is 22.1. The first-order valence-electron chi connectivity index (χ1n) is 24.4. The lowest BCUT2D eigenvalue weighted by atomic mass is 9.98. The van der Waals surface area contributed by atoms with Gasteiger partial charge in [0.05, 0.1) is 74.0 Å². The molecule has 2 fully saturated rings. The zero-order valence-corrected chi connectivity index (χ0v) is 41.3. The SMILES string of the molecule is COc1ccc(N(C(=O)Nc2ccc(-c3ccc(CN4CCOCC4)nc3)c3ccccc23)N(C(=O)Nc2ccc(-c3ccc(CN4CCOCC4)nc3)c3ccccc23)c2ccc([N+](=O)[O-])cc2C)c(OC)c1. The molecule has 8 aromatic rings. The number of aryl methyl sites for hydroxylation is 1. The molecule has 4 amide bonds. The van der Waals surface area contributed by atoms with Gasteiger partial charge >= 0.3 is 12.1 Å². The molecule has 0 radical (unpaired) electrons. The minimum Gasteiger partial charge on any atom is -0.497 e. The average molecular weight is 994 g/mol. The van der Waals surface area contributed by atoms with E-state index in [1.165, 1.54) is 42.4 Å². The number of methoxy groups -OCH3 is 2. The summed E-state index contributed by atoms with van der Waals surface area (Å²) < 4.78 is 22.5. The molecule has 17 nitrogen and oxygen atoms in total. The van der Waals surface area contributed by atoms with Crippen molar-refractivity contribution >= 4 is 62.0 Å². The number of nitrogens with one attached hydrogen (secondary N) is 2. The van der Waals surface area contributed by atoms with Gasteiger partial charge < -0.3 is 29.6 Å². The van der Waals surface area contributed by atoms with Gasteiger partial charge in [-0.2, -0.15) is 10.0 Å². The minimum absolute atomic E-state index is 0.160. The molecule has 376 valence electrons. The molecule has 0 unspecified atom stereocenters. The van der Waals surface area contributed by atoms with Gasteiger partial charge in [0, 0.05) is 91.8 Å². The summed E-state index contributed by atoms with van der Waals surface area (Å²) in [7, 11) is 2.96. The molecule has 74 heavy (non-hydrogen) atoms. The maximum atomic E-state index is 15.5. The number of morpholine rings is 2. The molecule has 10 rings (SSSR count). The largest absolute Gasteiger partial charge is 0.497 e. The van der Waals surface area contributed by atoms with Gasteiger partial charge in [-0.1, -0.05) is 72.8 Å². The highest BCUT2D eigenvalue weighted by molar-refractivity contribution is 6.18. The number of rotatable bonds is 13. The van der Waals surface area contributed by atoms with Crippen LogP contribution in [0.15, 0.2) is 146 Å². The van der Waals surface area contributed by atoms with Crippen LogP contribution in [0.1, 0.15) is 17.0 Å². The van der Waals surface area contributed by atoms with Crippen molar-refractivity contribution in [3.05, 3.63) is 173 Å². The highest BCUT2D eigenvalue weighted by atomic mass is 16.6. The number of nitro benzene ring substituents is 1. The van der Waals surface area contributed by atoms with Crippen LogP contribution in [-0.2, 0) is 22.6 Å². The van der Waals surface area contributed by atoms with Gasteiger partial charge in [-0.25, -0.2) is 9.59 Å². The van der Waals surface area contributed by atoms with E-state index in [1.54, 1.807) is 25.1 Å². The zero-order chi connectivity index (χ0) is 51.1. The van der Waals surface area contributed by atoms with Crippen molar-refractivity contribution < 1.29 is 33.5 Å². The minimum atomic E-state index is -0.758. The fourth-order valence-electron chi connectivity index (χ4n) is 9.55. The number of benzene rings is 6. The highest BCUT2D eigenvalue weighted by Crippen LogP contribution is 2.40. The highest BCUT2D eigenvalue weighted by Gasteiger charge is 2.34. The first-order chi connectivity index (χ1) is 36.1. The number of fused-ring (bicyclic) bond motifs is 2. The van der Waals surface area contributed by atoms with Crippen molar-refractivity contribution in [3.63, 3.8) is 0 Å². The number of non-ortho nitro benzene ring substituents is 1. The summed E-state index contributed by atoms with van der Waals surface area (Å²) in [6.07, 6.45) is 3.74. The van der Waals surface area contributed by atoms with Crippen LogP contribution in [0.4, 0.5) is 38.0 Å². The van der Waals surface area contributed by atoms with Crippen LogP contribution in [0, 0.1) is 17.0 Å². The number of carbonyl (C=O) groups excluding carboxylic acids is 2. The lowest BCUT2D eigenvalue weighted by molar-refractivity contribution is -0.384. The maximum absolute atomic E-state index is 15.5. The predicted molar refractivity (Wildman–Crippen MR) is 287 cm³/mol. The number of hydrazine groups is 1. The number of hydrogen-bond donors (Lipinski definition) is 2. The molecule has 0 spiro atoms. The van der Waals surface area contributed by atoms with Crippen LogP contribution in [0.25, 0.3) is 43.8 Å². The first-order valence-corrected chi connectivity index (χ1v) is 24.4. The molecule has 4 heterocycles. The van der Waals surface area contributed by atoms with Gasteiger partial charge in [-0.3, -0.25) is 29.9 Å². The Labute approximate surface area is 428 Å². The summed E-state index contributed by atoms with van der Waals surface area (Å²) in [5.74, 6) is 0.633. The topological polar surface area (TPSA) is 177 Å². The van der Waals surface area contributed by atoms with Crippen molar-refractivity contribution in [1.29, 1.82) is 0 Å². The van der Waals surface area contributed by atoms with E-state index in [4.69, 9.17) is 28.9 Å². The lowest BCUT2D eigenvalue weighted by Crippen LogP contribution is -2.54. The number of pyridine rings is 2. The number of amides is 4. The van der Waals surface area contributed by atoms with Crippen molar-refractivity contribution in [3.8, 4) is 33.8 Å². The number of anilines is 4. The van der Waals surface area contributed by atoms with Gasteiger partial charge in [-0.15, -0.1) is 0 Å². The number of ether oxygens (including phenoxy) is 4. The summed E-state index contributed by atoms with van der Waals surface area (Å²) in [5, 5.41) is 23.8. The number of nitro groups is 1. The fourth-order valence-corrected chi connectivity index (χ4v) is 9.55. The van der Waals surface area contributed by atoms with E-state index in [-0.39, 0.29) is 22.8 Å². The molecular formula is C57H55N9O8. The second-order valence-electron chi connectivity index (χ2n) is 18.0. The third-order valence-corrected chi connectivity index (χ3v) is 13.4. The van der Waals surface area contributed by atoms with E-state index in [1.807, 2.05) is 97.3 Å². The zero-order valence-electron chi connectivity index (χ0n) is 41.3. The van der Waals surface area contributed by atoms with Crippen LogP contribution in [-0.4, -0.2) is 104 Å². The van der Waals surface area contributed by atoms with E-state index in [0.29, 0.717) is 49.1 Å². The summed E-state index contributed by atoms with van der Waals surface area (Å²) in [6, 6.07) is 38.6. The monoisotopic (exact) mass is 993 g/mol. The van der Waals surface area contributed by atoms with E-state index in [0.717, 1.165) is 94.5 Å². The van der Waals surface area contributed by atoms with E-state index < -0.39 is 17.0 Å². The summed E-state index contributed by atoms with van der Waals surface area (Å²) >= 11 is 0. The molecule has 0 bridgehead atoms. The molecule has 2 aromatic heterocycles. The molecule has 2 aliphatic heterocycles. The third-order valence-electron chi connectivity index (χ3n) is 13.4. The first kappa shape index (κ1) is 49.1. The number of carbonyl (C=O) groups is 2. The number of urea groups is 2. The Bertz CT molecular complexity index is 3340. The van der Waals surface area contributed by atoms with Crippen molar-refractivity contribution in [2.24, 2.45) is 0 Å². The summed E-state index contributed by atoms with van der Waals surface area (Å²) in [5.41, 5.74) is 6.92. The summed E-state index contributed by atoms with van der Waals surface area (Å²) in [6.45, 7) is 9.34. The van der Waals surface area contributed by atoms with Gasteiger partial charge in [0.2, 0.25) is 0 Å². The Hall–Kier alpha value is -8.48. The molecule has 0 aliphatic carbocycles. The van der Waals surface area contributed by atoms with E-state index >= 15 is 9.59 Å². The van der Waals surface area contributed by atoms with Gasteiger partial charge in [0.1, 0.15) is 17.2 Å². The van der Waals surface area contributed by atoms with Crippen molar-refractivity contribution in [2.75, 3.05) is 87.5 Å². The smallest absolute Gasteiger partial charge is 0.346 e. The second-order valence-corrected chi connectivity index (χ2v) is 18.0. The predicted octanol–water partition coefficient (Wildman–Crippen LogP) is 10.7. The quantitative estimate of drug-likeness (QED) is 0.0827. The number of aromatic nitrogens is 2. The Morgan fingerprint density at radius 1 is 0.608 bits per heavy atom. The molecule has 0 saturated carbocycles. The summed E-state index contributed by atoms with van der Waals surface area (Å²) in [4.78, 5) is 56.8. The Morgan fingerprint density at radius 3 is 1.54 bits per heavy atom. The Balaban J connectivity index is 1.03. The molecule has 0 atom stereocenters. The van der Waals surface area contributed by atoms with Crippen molar-refractivity contribution in [1.82, 2.24) is 19.8 Å². The van der Waals surface area contributed by atoms with Gasteiger partial charge in [-0.05, 0) is 76.9 Å². The molecule has 2 aliphatic rings. The van der Waals surface area contributed by atoms with Gasteiger partial charge in [0.25, 0.3) is 5.69 Å². The van der Waals surface area contributed by atoms with Crippen LogP contribution in [0.3, 0.4) is 0 Å². The van der Waals surface area contributed by atoms with Crippen LogP contribution >= 0.6 is 0 Å². The Kier molecular flexibility index (Phi) is 14.7. The van der Waals surface area contributed by atoms with Crippen LogP contribution < -0.4 is 30.1 Å². The molecule has 2 saturated heterocycles. The standard InChI is InChI=1S/C57H55N9O8/c1-38-32-43(66(69)70)16-22-53(38)64(56(67)60-51-20-18-45(47-8-4-6-10-49(47)51)39-12-14-41(58-34-39)36-62-24-28-73-29-25-62)65(54-23-17-44(71-2)33-55(54)72-3)57(68)61-52-21-19-46(48-9-5-7-11-50(48)52)40-13-15-42(59-35-40)37-63-26-30-74-31-27-63/h4-23,32-35H,24-31,36-37H2,1-3H3,(H,60,67)(H,61,68). The molecule has 17 heteroatoms. The van der Waals surface area contributed by atoms with E-state index in [9.17, 15) is 10.1 Å². The number of nitrogens with zero attached hydrogens (tertiary/aromatic N) is 7. The Morgan fingerprint density at radius 2 is 1.09 bits per heavy atom. The lowest BCUT2D eigenvalue weighted by Gasteiger charge is -2.36. The fraction of sp³-hybridized carbons (Fsp3) is 0.228. The average Bonchev–Trinajstić information content (AvgIpc) is 3.43. The van der Waals surface area contributed by atoms with Crippen LogP contribution in [0.5, 0.6) is 11.5 Å². The normalized spacial score (nSPS) is 14.1. The molecular weight excluding hydrogens is 939 g/mol. The molecule has 6 aromatic carbocycles.